The first-order chi connectivity index (χ1) is 6.65. The second-order valence-corrected chi connectivity index (χ2v) is 2.99. The van der Waals surface area contributed by atoms with Crippen LogP contribution in [0.5, 0.6) is 5.75 Å². The number of hydrogen-bond donors (Lipinski definition) is 1. The predicted molar refractivity (Wildman–Crippen MR) is 52.5 cm³/mol. The molecule has 75 valence electrons. The highest BCUT2D eigenvalue weighted by Crippen LogP contribution is 2.18. The minimum absolute atomic E-state index is 0.359. The largest absolute Gasteiger partial charge is 0.427 e. The quantitative estimate of drug-likeness (QED) is 0.590. The molecule has 14 heavy (non-hydrogen) atoms. The molecule has 0 unspecified atom stereocenters. The molecule has 3 nitrogen and oxygen atoms in total. The highest BCUT2D eigenvalue weighted by Gasteiger charge is 2.02. The Kier molecular flexibility index (Phi) is 3.65. The molecule has 0 saturated carbocycles. The third-order valence-corrected chi connectivity index (χ3v) is 1.81. The highest BCUT2D eigenvalue weighted by atomic mass is 16.5. The Balaban J connectivity index is 2.98. The molecule has 0 aliphatic heterocycles. The molecule has 0 bridgehead atoms. The van der Waals surface area contributed by atoms with E-state index in [0.717, 1.165) is 18.6 Å². The third-order valence-electron chi connectivity index (χ3n) is 1.81. The molecule has 1 aromatic carbocycles. The lowest BCUT2D eigenvalue weighted by molar-refractivity contribution is -0.131. The first-order valence-electron chi connectivity index (χ1n) is 4.45. The zero-order chi connectivity index (χ0) is 10.6. The Bertz CT molecular complexity index is 309. The summed E-state index contributed by atoms with van der Waals surface area (Å²) in [4.78, 5) is 10.7. The van der Waals surface area contributed by atoms with Gasteiger partial charge in [0, 0.05) is 6.92 Å². The number of carbonyl (C=O) groups is 1. The van der Waals surface area contributed by atoms with Crippen LogP contribution in [0.25, 0.3) is 0 Å². The maximum absolute atomic E-state index is 10.7. The number of ether oxygens (including phenoxy) is 1. The fourth-order valence-electron chi connectivity index (χ4n) is 1.19. The maximum Gasteiger partial charge on any atom is 0.308 e. The Morgan fingerprint density at radius 3 is 2.71 bits per heavy atom. The summed E-state index contributed by atoms with van der Waals surface area (Å²) in [7, 11) is 0. The molecular formula is C11H13O3. The molecular weight excluding hydrogens is 180 g/mol. The van der Waals surface area contributed by atoms with E-state index >= 15 is 0 Å². The maximum atomic E-state index is 10.7. The predicted octanol–water partition coefficient (Wildman–Crippen LogP) is 2.06. The van der Waals surface area contributed by atoms with E-state index in [-0.39, 0.29) is 5.97 Å². The Morgan fingerprint density at radius 2 is 2.21 bits per heavy atom. The molecule has 0 heterocycles. The summed E-state index contributed by atoms with van der Waals surface area (Å²) < 4.78 is 4.93. The van der Waals surface area contributed by atoms with Crippen LogP contribution in [0.1, 0.15) is 25.0 Å². The van der Waals surface area contributed by atoms with Gasteiger partial charge in [0.1, 0.15) is 12.4 Å². The van der Waals surface area contributed by atoms with Gasteiger partial charge < -0.3 is 9.84 Å². The average Bonchev–Trinajstić information content (AvgIpc) is 2.16. The van der Waals surface area contributed by atoms with Crippen LogP contribution < -0.4 is 4.74 Å². The van der Waals surface area contributed by atoms with Crippen LogP contribution in [0.2, 0.25) is 0 Å². The number of aliphatic hydroxyl groups excluding tert-OH is 1. The zero-order valence-electron chi connectivity index (χ0n) is 8.28. The van der Waals surface area contributed by atoms with E-state index in [2.05, 4.69) is 0 Å². The van der Waals surface area contributed by atoms with Crippen molar-refractivity contribution >= 4 is 5.97 Å². The van der Waals surface area contributed by atoms with Gasteiger partial charge in [-0.25, -0.2) is 0 Å². The van der Waals surface area contributed by atoms with Gasteiger partial charge in [-0.05, 0) is 29.7 Å². The second-order valence-electron chi connectivity index (χ2n) is 2.99. The minimum Gasteiger partial charge on any atom is -0.427 e. The summed E-state index contributed by atoms with van der Waals surface area (Å²) in [5.74, 6) is 0.110. The first-order valence-corrected chi connectivity index (χ1v) is 4.45. The fraction of sp³-hybridized carbons (Fsp3) is 0.273. The van der Waals surface area contributed by atoms with Gasteiger partial charge >= 0.3 is 5.97 Å². The van der Waals surface area contributed by atoms with Crippen molar-refractivity contribution in [3.8, 4) is 5.75 Å². The standard InChI is InChI=1S/C11H13O3/c1-3-9-4-10(7-12)6-11(5-9)14-8(2)13/h4-7,12H,3H2,1-2H3. The number of esters is 1. The Morgan fingerprint density at radius 1 is 1.50 bits per heavy atom. The van der Waals surface area contributed by atoms with E-state index in [1.807, 2.05) is 13.0 Å². The fourth-order valence-corrected chi connectivity index (χ4v) is 1.19. The van der Waals surface area contributed by atoms with Crippen molar-refractivity contribution in [2.24, 2.45) is 0 Å². The van der Waals surface area contributed by atoms with Crippen LogP contribution in [0.4, 0.5) is 0 Å². The van der Waals surface area contributed by atoms with Gasteiger partial charge in [-0.15, -0.1) is 0 Å². The molecule has 3 heteroatoms. The normalized spacial score (nSPS) is 9.93. The smallest absolute Gasteiger partial charge is 0.308 e. The lowest BCUT2D eigenvalue weighted by Crippen LogP contribution is -2.02. The van der Waals surface area contributed by atoms with E-state index in [1.54, 1.807) is 12.1 Å². The lowest BCUT2D eigenvalue weighted by atomic mass is 10.1. The van der Waals surface area contributed by atoms with E-state index in [4.69, 9.17) is 9.84 Å². The molecule has 0 aromatic heterocycles. The van der Waals surface area contributed by atoms with Crippen molar-refractivity contribution in [1.82, 2.24) is 0 Å². The molecule has 0 amide bonds. The Hall–Kier alpha value is -1.35. The van der Waals surface area contributed by atoms with E-state index in [1.165, 1.54) is 6.92 Å². The number of benzene rings is 1. The van der Waals surface area contributed by atoms with Crippen molar-refractivity contribution in [2.45, 2.75) is 20.3 Å². The van der Waals surface area contributed by atoms with Crippen molar-refractivity contribution < 1.29 is 14.6 Å². The summed E-state index contributed by atoms with van der Waals surface area (Å²) in [5, 5.41) is 8.85. The van der Waals surface area contributed by atoms with Crippen molar-refractivity contribution in [3.05, 3.63) is 35.9 Å². The summed E-state index contributed by atoms with van der Waals surface area (Å²) in [6.45, 7) is 4.33. The molecule has 0 aliphatic carbocycles. The van der Waals surface area contributed by atoms with Crippen molar-refractivity contribution in [2.75, 3.05) is 0 Å². The highest BCUT2D eigenvalue weighted by molar-refractivity contribution is 5.69. The summed E-state index contributed by atoms with van der Waals surface area (Å²) in [6, 6.07) is 5.24. The monoisotopic (exact) mass is 193 g/mol. The van der Waals surface area contributed by atoms with Gasteiger partial charge in [-0.2, -0.15) is 0 Å². The van der Waals surface area contributed by atoms with E-state index in [9.17, 15) is 4.79 Å². The number of hydrogen-bond acceptors (Lipinski definition) is 3. The molecule has 0 aliphatic rings. The van der Waals surface area contributed by atoms with Crippen LogP contribution >= 0.6 is 0 Å². The van der Waals surface area contributed by atoms with Crippen molar-refractivity contribution in [3.63, 3.8) is 0 Å². The number of aliphatic hydroxyl groups is 1. The van der Waals surface area contributed by atoms with Gasteiger partial charge in [0.05, 0.1) is 0 Å². The molecule has 1 aromatic rings. The average molecular weight is 193 g/mol. The van der Waals surface area contributed by atoms with Crippen LogP contribution in [0, 0.1) is 6.61 Å². The van der Waals surface area contributed by atoms with Crippen LogP contribution in [0.3, 0.4) is 0 Å². The zero-order valence-corrected chi connectivity index (χ0v) is 8.28. The lowest BCUT2D eigenvalue weighted by Gasteiger charge is -2.06. The minimum atomic E-state index is -0.359. The van der Waals surface area contributed by atoms with Crippen LogP contribution in [-0.4, -0.2) is 11.1 Å². The van der Waals surface area contributed by atoms with E-state index in [0.29, 0.717) is 11.3 Å². The summed E-state index contributed by atoms with van der Waals surface area (Å²) in [5.41, 5.74) is 1.66. The number of aryl methyl sites for hydroxylation is 1. The molecule has 0 atom stereocenters. The Labute approximate surface area is 83.3 Å². The van der Waals surface area contributed by atoms with Crippen molar-refractivity contribution in [1.29, 1.82) is 0 Å². The molecule has 1 N–H and O–H groups in total. The summed E-state index contributed by atoms with van der Waals surface area (Å²) in [6.07, 6.45) is 0.829. The van der Waals surface area contributed by atoms with Gasteiger partial charge in [-0.1, -0.05) is 13.0 Å². The van der Waals surface area contributed by atoms with Gasteiger partial charge in [0.2, 0.25) is 0 Å². The molecule has 0 saturated heterocycles. The number of carbonyl (C=O) groups excluding carboxylic acids is 1. The van der Waals surface area contributed by atoms with Crippen LogP contribution in [-0.2, 0) is 11.2 Å². The molecule has 1 rings (SSSR count). The molecule has 0 fully saturated rings. The van der Waals surface area contributed by atoms with Crippen LogP contribution in [0.15, 0.2) is 18.2 Å². The summed E-state index contributed by atoms with van der Waals surface area (Å²) >= 11 is 0. The molecule has 1 radical (unpaired) electrons. The third kappa shape index (κ3) is 2.85. The molecule has 0 spiro atoms. The topological polar surface area (TPSA) is 46.5 Å². The van der Waals surface area contributed by atoms with Gasteiger partial charge in [0.25, 0.3) is 0 Å². The number of rotatable bonds is 3. The second kappa shape index (κ2) is 4.77. The van der Waals surface area contributed by atoms with Gasteiger partial charge in [-0.3, -0.25) is 4.79 Å². The van der Waals surface area contributed by atoms with Gasteiger partial charge in [0.15, 0.2) is 0 Å². The SMILES string of the molecule is CCc1cc([CH]O)cc(OC(C)=O)c1. The van der Waals surface area contributed by atoms with E-state index < -0.39 is 0 Å². The first kappa shape index (κ1) is 10.7.